The fraction of sp³-hybridized carbons (Fsp3) is 0.600. The number of hydrogen-bond acceptors (Lipinski definition) is 6. The van der Waals surface area contributed by atoms with Crippen molar-refractivity contribution in [1.82, 2.24) is 9.97 Å². The second kappa shape index (κ2) is 5.50. The minimum Gasteiger partial charge on any atom is -0.394 e. The van der Waals surface area contributed by atoms with E-state index < -0.39 is 0 Å². The molecule has 0 spiro atoms. The molecule has 6 nitrogen and oxygen atoms in total. The molecule has 0 saturated carbocycles. The van der Waals surface area contributed by atoms with Crippen LogP contribution in [-0.2, 0) is 0 Å². The second-order valence-electron chi connectivity index (χ2n) is 4.19. The van der Waals surface area contributed by atoms with Crippen molar-refractivity contribution in [1.29, 1.82) is 0 Å². The number of nitrogens with two attached hydrogens (primary N) is 2. The van der Waals surface area contributed by atoms with E-state index in [1.54, 1.807) is 6.07 Å². The molecule has 0 aromatic carbocycles. The Balaban J connectivity index is 2.69. The average Bonchev–Trinajstić information content (AvgIpc) is 2.14. The summed E-state index contributed by atoms with van der Waals surface area (Å²) in [6, 6.07) is 1.55. The van der Waals surface area contributed by atoms with Crippen molar-refractivity contribution in [3.8, 4) is 0 Å². The number of aromatic nitrogens is 2. The summed E-state index contributed by atoms with van der Waals surface area (Å²) in [5.41, 5.74) is 11.0. The van der Waals surface area contributed by atoms with E-state index in [1.807, 2.05) is 0 Å². The summed E-state index contributed by atoms with van der Waals surface area (Å²) in [5, 5.41) is 12.3. The number of rotatable bonds is 5. The molecule has 1 unspecified atom stereocenters. The molecule has 1 atom stereocenters. The highest BCUT2D eigenvalue weighted by Crippen LogP contribution is 2.13. The van der Waals surface area contributed by atoms with E-state index in [0.717, 1.165) is 6.42 Å². The van der Waals surface area contributed by atoms with Gasteiger partial charge in [-0.25, -0.2) is 0 Å². The quantitative estimate of drug-likeness (QED) is 0.579. The first-order valence-electron chi connectivity index (χ1n) is 5.28. The summed E-state index contributed by atoms with van der Waals surface area (Å²) < 4.78 is 0. The Bertz CT molecular complexity index is 322. The molecule has 0 amide bonds. The van der Waals surface area contributed by atoms with Crippen LogP contribution in [0.15, 0.2) is 6.07 Å². The molecule has 90 valence electrons. The standard InChI is InChI=1S/C10H19N5O/c1-6(2)3-7(5-16)13-9-4-8(11)14-10(12)15-9/h4,6-7,16H,3,5H2,1-2H3,(H5,11,12,13,14,15). The van der Waals surface area contributed by atoms with E-state index in [0.29, 0.717) is 17.6 Å². The van der Waals surface area contributed by atoms with Gasteiger partial charge in [-0.2, -0.15) is 9.97 Å². The lowest BCUT2D eigenvalue weighted by Gasteiger charge is -2.18. The Hall–Kier alpha value is -1.56. The number of nitrogen functional groups attached to an aromatic ring is 2. The summed E-state index contributed by atoms with van der Waals surface area (Å²) in [4.78, 5) is 7.76. The molecule has 1 rings (SSSR count). The average molecular weight is 225 g/mol. The molecule has 1 heterocycles. The molecule has 1 aromatic rings. The highest BCUT2D eigenvalue weighted by Gasteiger charge is 2.10. The Kier molecular flexibility index (Phi) is 4.30. The maximum absolute atomic E-state index is 9.21. The van der Waals surface area contributed by atoms with Gasteiger partial charge in [-0.1, -0.05) is 13.8 Å². The number of aliphatic hydroxyl groups is 1. The SMILES string of the molecule is CC(C)CC(CO)Nc1cc(N)nc(N)n1. The largest absolute Gasteiger partial charge is 0.394 e. The van der Waals surface area contributed by atoms with Gasteiger partial charge < -0.3 is 21.9 Å². The summed E-state index contributed by atoms with van der Waals surface area (Å²) in [5.74, 6) is 1.48. The molecule has 6 N–H and O–H groups in total. The van der Waals surface area contributed by atoms with Gasteiger partial charge in [0.2, 0.25) is 5.95 Å². The van der Waals surface area contributed by atoms with Crippen molar-refractivity contribution in [2.45, 2.75) is 26.3 Å². The minimum atomic E-state index is -0.0475. The van der Waals surface area contributed by atoms with Crippen LogP contribution in [0.2, 0.25) is 0 Å². The Labute approximate surface area is 95.1 Å². The molecule has 16 heavy (non-hydrogen) atoms. The van der Waals surface area contributed by atoms with Crippen molar-refractivity contribution in [3.63, 3.8) is 0 Å². The fourth-order valence-electron chi connectivity index (χ4n) is 1.52. The van der Waals surface area contributed by atoms with Crippen molar-refractivity contribution in [2.24, 2.45) is 5.92 Å². The van der Waals surface area contributed by atoms with Gasteiger partial charge in [0.05, 0.1) is 12.6 Å². The molecule has 1 aromatic heterocycles. The molecule has 0 saturated heterocycles. The zero-order chi connectivity index (χ0) is 12.1. The first-order valence-corrected chi connectivity index (χ1v) is 5.28. The molecule has 6 heteroatoms. The van der Waals surface area contributed by atoms with Crippen LogP contribution in [0.5, 0.6) is 0 Å². The van der Waals surface area contributed by atoms with Gasteiger partial charge in [-0.05, 0) is 12.3 Å². The Morgan fingerprint density at radius 2 is 2.06 bits per heavy atom. The van der Waals surface area contributed by atoms with Gasteiger partial charge in [0.15, 0.2) is 0 Å². The predicted octanol–water partition coefficient (Wildman–Crippen LogP) is 0.460. The molecule has 0 fully saturated rings. The van der Waals surface area contributed by atoms with Crippen molar-refractivity contribution in [3.05, 3.63) is 6.07 Å². The second-order valence-corrected chi connectivity index (χ2v) is 4.19. The summed E-state index contributed by atoms with van der Waals surface area (Å²) in [7, 11) is 0. The maximum atomic E-state index is 9.21. The number of hydrogen-bond donors (Lipinski definition) is 4. The summed E-state index contributed by atoms with van der Waals surface area (Å²) in [6.07, 6.45) is 0.848. The van der Waals surface area contributed by atoms with Crippen molar-refractivity contribution in [2.75, 3.05) is 23.4 Å². The van der Waals surface area contributed by atoms with Crippen LogP contribution in [0.25, 0.3) is 0 Å². The first-order chi connectivity index (χ1) is 7.51. The lowest BCUT2D eigenvalue weighted by molar-refractivity contribution is 0.259. The molecule has 0 aliphatic carbocycles. The summed E-state index contributed by atoms with van der Waals surface area (Å²) >= 11 is 0. The first kappa shape index (κ1) is 12.5. The highest BCUT2D eigenvalue weighted by atomic mass is 16.3. The number of nitrogens with zero attached hydrogens (tertiary/aromatic N) is 2. The van der Waals surface area contributed by atoms with E-state index in [4.69, 9.17) is 11.5 Å². The van der Waals surface area contributed by atoms with Crippen molar-refractivity contribution < 1.29 is 5.11 Å². The van der Waals surface area contributed by atoms with Gasteiger partial charge in [0, 0.05) is 6.07 Å². The van der Waals surface area contributed by atoms with E-state index in [9.17, 15) is 5.11 Å². The van der Waals surface area contributed by atoms with Crippen LogP contribution in [0.1, 0.15) is 20.3 Å². The molecular formula is C10H19N5O. The predicted molar refractivity (Wildman–Crippen MR) is 64.8 cm³/mol. The van der Waals surface area contributed by atoms with Crippen LogP contribution >= 0.6 is 0 Å². The fourth-order valence-corrected chi connectivity index (χ4v) is 1.52. The Morgan fingerprint density at radius 1 is 1.38 bits per heavy atom. The number of nitrogens with one attached hydrogen (secondary N) is 1. The van der Waals surface area contributed by atoms with Crippen LogP contribution in [0.3, 0.4) is 0 Å². The number of aliphatic hydroxyl groups excluding tert-OH is 1. The van der Waals surface area contributed by atoms with Crippen LogP contribution in [0, 0.1) is 5.92 Å². The highest BCUT2D eigenvalue weighted by molar-refractivity contribution is 5.48. The molecular weight excluding hydrogens is 206 g/mol. The zero-order valence-electron chi connectivity index (χ0n) is 9.64. The normalized spacial score (nSPS) is 12.8. The third-order valence-electron chi connectivity index (χ3n) is 2.09. The lowest BCUT2D eigenvalue weighted by atomic mass is 10.0. The zero-order valence-corrected chi connectivity index (χ0v) is 9.64. The van der Waals surface area contributed by atoms with Gasteiger partial charge in [0.1, 0.15) is 11.6 Å². The maximum Gasteiger partial charge on any atom is 0.223 e. The van der Waals surface area contributed by atoms with Gasteiger partial charge in [-0.15, -0.1) is 0 Å². The summed E-state index contributed by atoms with van der Waals surface area (Å²) in [6.45, 7) is 4.22. The number of anilines is 3. The smallest absolute Gasteiger partial charge is 0.223 e. The van der Waals surface area contributed by atoms with E-state index in [1.165, 1.54) is 0 Å². The van der Waals surface area contributed by atoms with Crippen molar-refractivity contribution >= 4 is 17.6 Å². The topological polar surface area (TPSA) is 110 Å². The van der Waals surface area contributed by atoms with Gasteiger partial charge in [0.25, 0.3) is 0 Å². The van der Waals surface area contributed by atoms with Gasteiger partial charge in [-0.3, -0.25) is 0 Å². The van der Waals surface area contributed by atoms with Crippen LogP contribution in [-0.4, -0.2) is 27.7 Å². The van der Waals surface area contributed by atoms with E-state index in [-0.39, 0.29) is 18.6 Å². The molecule has 0 bridgehead atoms. The Morgan fingerprint density at radius 3 is 2.56 bits per heavy atom. The lowest BCUT2D eigenvalue weighted by Crippen LogP contribution is -2.26. The monoisotopic (exact) mass is 225 g/mol. The molecule has 0 radical (unpaired) electrons. The van der Waals surface area contributed by atoms with Gasteiger partial charge >= 0.3 is 0 Å². The third-order valence-corrected chi connectivity index (χ3v) is 2.09. The minimum absolute atomic E-state index is 0.0436. The molecule has 0 aliphatic heterocycles. The van der Waals surface area contributed by atoms with E-state index >= 15 is 0 Å². The van der Waals surface area contributed by atoms with Crippen LogP contribution < -0.4 is 16.8 Å². The molecule has 0 aliphatic rings. The van der Waals surface area contributed by atoms with Crippen LogP contribution in [0.4, 0.5) is 17.6 Å². The third kappa shape index (κ3) is 3.90. The van der Waals surface area contributed by atoms with E-state index in [2.05, 4.69) is 29.1 Å².